The molecule has 214 valence electrons. The molecule has 7 nitrogen and oxygen atoms in total. The molecule has 0 heterocycles. The molecular weight excluding hydrogens is 490 g/mol. The molecule has 2 atom stereocenters. The summed E-state index contributed by atoms with van der Waals surface area (Å²) in [4.78, 5) is 42.9. The van der Waals surface area contributed by atoms with Gasteiger partial charge in [-0.25, -0.2) is 4.79 Å². The number of carbonyl (C=O) groups is 3. The number of ether oxygens (including phenoxy) is 1. The second-order valence-electron chi connectivity index (χ2n) is 12.7. The highest BCUT2D eigenvalue weighted by atomic mass is 16.6. The predicted molar refractivity (Wildman–Crippen MR) is 158 cm³/mol. The minimum Gasteiger partial charge on any atom is -0.444 e. The minimum atomic E-state index is -0.947. The molecule has 0 saturated heterocycles. The molecule has 0 aromatic heterocycles. The number of alkyl carbamates (subject to hydrolysis) is 1. The number of amides is 3. The first kappa shape index (κ1) is 31.9. The topological polar surface area (TPSA) is 87.7 Å². The maximum absolute atomic E-state index is 14.4. The normalized spacial score (nSPS) is 13.5. The molecule has 0 spiro atoms. The second kappa shape index (κ2) is 12.2. The Bertz CT molecular complexity index is 1180. The Kier molecular flexibility index (Phi) is 9.99. The first-order valence-corrected chi connectivity index (χ1v) is 13.6. The van der Waals surface area contributed by atoms with Gasteiger partial charge in [-0.3, -0.25) is 9.59 Å². The largest absolute Gasteiger partial charge is 0.444 e. The van der Waals surface area contributed by atoms with Gasteiger partial charge in [-0.15, -0.1) is 0 Å². The Morgan fingerprint density at radius 2 is 1.38 bits per heavy atom. The van der Waals surface area contributed by atoms with Crippen molar-refractivity contribution in [3.63, 3.8) is 0 Å². The first-order valence-electron chi connectivity index (χ1n) is 13.6. The molecule has 39 heavy (non-hydrogen) atoms. The van der Waals surface area contributed by atoms with E-state index < -0.39 is 29.3 Å². The van der Waals surface area contributed by atoms with Gasteiger partial charge in [0.2, 0.25) is 5.91 Å². The number of rotatable bonds is 7. The van der Waals surface area contributed by atoms with Crippen LogP contribution >= 0.6 is 0 Å². The molecular formula is C32H47N3O4. The zero-order valence-corrected chi connectivity index (χ0v) is 25.8. The van der Waals surface area contributed by atoms with E-state index in [4.69, 9.17) is 4.74 Å². The summed E-state index contributed by atoms with van der Waals surface area (Å²) < 4.78 is 5.46. The van der Waals surface area contributed by atoms with Crippen molar-refractivity contribution in [2.75, 3.05) is 5.32 Å². The molecule has 2 rings (SSSR count). The summed E-state index contributed by atoms with van der Waals surface area (Å²) in [6.07, 6.45) is -0.675. The molecule has 2 aromatic carbocycles. The molecule has 0 aliphatic heterocycles. The number of hydrogen-bond acceptors (Lipinski definition) is 4. The fourth-order valence-corrected chi connectivity index (χ4v) is 4.50. The van der Waals surface area contributed by atoms with Crippen LogP contribution in [0.5, 0.6) is 0 Å². The average molecular weight is 538 g/mol. The van der Waals surface area contributed by atoms with Gasteiger partial charge in [0, 0.05) is 11.2 Å². The number of hydrogen-bond donors (Lipinski definition) is 2. The number of carbonyl (C=O) groups excluding carboxylic acids is 3. The molecule has 0 fully saturated rings. The predicted octanol–water partition coefficient (Wildman–Crippen LogP) is 6.78. The van der Waals surface area contributed by atoms with Crippen LogP contribution in [0.3, 0.4) is 0 Å². The van der Waals surface area contributed by atoms with E-state index in [0.717, 1.165) is 27.9 Å². The van der Waals surface area contributed by atoms with E-state index in [9.17, 15) is 14.4 Å². The highest BCUT2D eigenvalue weighted by Gasteiger charge is 2.43. The Labute approximate surface area is 234 Å². The van der Waals surface area contributed by atoms with Crippen molar-refractivity contribution in [2.45, 2.75) is 106 Å². The SMILES string of the molecule is Cc1ccc(C(C(=O)Nc2c(C)cccc2C)N(C(=O)C(NC(=O)OC(C)(C)C)C(C)C)C(C)(C)C)cc1C. The maximum Gasteiger partial charge on any atom is 0.408 e. The summed E-state index contributed by atoms with van der Waals surface area (Å²) in [5.41, 5.74) is 3.92. The van der Waals surface area contributed by atoms with Gasteiger partial charge in [0.1, 0.15) is 17.7 Å². The van der Waals surface area contributed by atoms with Gasteiger partial charge in [0.05, 0.1) is 0 Å². The Morgan fingerprint density at radius 3 is 1.85 bits per heavy atom. The first-order chi connectivity index (χ1) is 17.8. The van der Waals surface area contributed by atoms with Crippen LogP contribution in [0.2, 0.25) is 0 Å². The van der Waals surface area contributed by atoms with E-state index in [0.29, 0.717) is 5.56 Å². The number of anilines is 1. The summed E-state index contributed by atoms with van der Waals surface area (Å²) in [7, 11) is 0. The van der Waals surface area contributed by atoms with Crippen LogP contribution in [0.15, 0.2) is 36.4 Å². The molecule has 0 radical (unpaired) electrons. The number of benzene rings is 2. The highest BCUT2D eigenvalue weighted by molar-refractivity contribution is 6.00. The van der Waals surface area contributed by atoms with Crippen LogP contribution in [0.1, 0.15) is 89.2 Å². The van der Waals surface area contributed by atoms with Gasteiger partial charge in [-0.05, 0) is 103 Å². The van der Waals surface area contributed by atoms with Crippen LogP contribution in [-0.4, -0.2) is 40.0 Å². The third-order valence-electron chi connectivity index (χ3n) is 6.65. The van der Waals surface area contributed by atoms with Gasteiger partial charge in [0.15, 0.2) is 0 Å². The van der Waals surface area contributed by atoms with Crippen molar-refractivity contribution in [3.8, 4) is 0 Å². The van der Waals surface area contributed by atoms with Gasteiger partial charge in [-0.2, -0.15) is 0 Å². The summed E-state index contributed by atoms with van der Waals surface area (Å²) in [6, 6.07) is 9.81. The van der Waals surface area contributed by atoms with Crippen LogP contribution in [0.4, 0.5) is 10.5 Å². The minimum absolute atomic E-state index is 0.253. The van der Waals surface area contributed by atoms with E-state index in [-0.39, 0.29) is 17.7 Å². The lowest BCUT2D eigenvalue weighted by atomic mass is 9.91. The lowest BCUT2D eigenvalue weighted by Gasteiger charge is -2.43. The van der Waals surface area contributed by atoms with Crippen molar-refractivity contribution in [1.29, 1.82) is 0 Å². The van der Waals surface area contributed by atoms with Crippen molar-refractivity contribution >= 4 is 23.6 Å². The Balaban J connectivity index is 2.66. The Morgan fingerprint density at radius 1 is 0.821 bits per heavy atom. The maximum atomic E-state index is 14.4. The van der Waals surface area contributed by atoms with Crippen LogP contribution in [0.25, 0.3) is 0 Å². The fraction of sp³-hybridized carbons (Fsp3) is 0.531. The highest BCUT2D eigenvalue weighted by Crippen LogP contribution is 2.33. The third-order valence-corrected chi connectivity index (χ3v) is 6.65. The van der Waals surface area contributed by atoms with Crippen molar-refractivity contribution in [1.82, 2.24) is 10.2 Å². The van der Waals surface area contributed by atoms with E-state index in [1.165, 1.54) is 0 Å². The van der Waals surface area contributed by atoms with Gasteiger partial charge in [0.25, 0.3) is 5.91 Å². The second-order valence-corrected chi connectivity index (χ2v) is 12.7. The van der Waals surface area contributed by atoms with Crippen molar-refractivity contribution in [2.24, 2.45) is 5.92 Å². The molecule has 0 aliphatic carbocycles. The molecule has 2 aromatic rings. The smallest absolute Gasteiger partial charge is 0.408 e. The number of para-hydroxylation sites is 1. The Hall–Kier alpha value is -3.35. The van der Waals surface area contributed by atoms with E-state index in [2.05, 4.69) is 10.6 Å². The summed E-state index contributed by atoms with van der Waals surface area (Å²) in [5, 5.41) is 5.89. The number of nitrogens with zero attached hydrogens (tertiary/aromatic N) is 1. The lowest BCUT2D eigenvalue weighted by Crippen LogP contribution is -2.59. The lowest BCUT2D eigenvalue weighted by molar-refractivity contribution is -0.147. The van der Waals surface area contributed by atoms with E-state index in [1.54, 1.807) is 25.7 Å². The quantitative estimate of drug-likeness (QED) is 0.408. The van der Waals surface area contributed by atoms with Gasteiger partial charge in [-0.1, -0.05) is 50.2 Å². The van der Waals surface area contributed by atoms with E-state index in [1.807, 2.05) is 98.7 Å². The molecule has 2 N–H and O–H groups in total. The van der Waals surface area contributed by atoms with Crippen LogP contribution in [0, 0.1) is 33.6 Å². The van der Waals surface area contributed by atoms with Crippen LogP contribution in [-0.2, 0) is 14.3 Å². The van der Waals surface area contributed by atoms with Crippen LogP contribution < -0.4 is 10.6 Å². The van der Waals surface area contributed by atoms with Gasteiger partial charge < -0.3 is 20.3 Å². The average Bonchev–Trinajstić information content (AvgIpc) is 2.77. The van der Waals surface area contributed by atoms with Crippen molar-refractivity contribution < 1.29 is 19.1 Å². The third kappa shape index (κ3) is 8.32. The summed E-state index contributed by atoms with van der Waals surface area (Å²) >= 11 is 0. The fourth-order valence-electron chi connectivity index (χ4n) is 4.50. The monoisotopic (exact) mass is 537 g/mol. The van der Waals surface area contributed by atoms with E-state index >= 15 is 0 Å². The summed E-state index contributed by atoms with van der Waals surface area (Å²) in [6.45, 7) is 22.6. The zero-order valence-electron chi connectivity index (χ0n) is 25.8. The standard InChI is InChI=1S/C32H47N3O4/c1-19(2)25(34-30(38)39-32(10,11)12)29(37)35(31(7,8)9)27(24-17-16-20(3)23(6)18-24)28(36)33-26-21(4)14-13-15-22(26)5/h13-19,25,27H,1-12H3,(H,33,36)(H,34,38). The molecule has 0 aliphatic rings. The molecule has 2 unspecified atom stereocenters. The molecule has 0 saturated carbocycles. The molecule has 0 bridgehead atoms. The summed E-state index contributed by atoms with van der Waals surface area (Å²) in [5.74, 6) is -0.932. The van der Waals surface area contributed by atoms with Gasteiger partial charge >= 0.3 is 6.09 Å². The molecule has 7 heteroatoms. The number of aryl methyl sites for hydroxylation is 4. The molecule has 3 amide bonds. The number of nitrogens with one attached hydrogen (secondary N) is 2. The zero-order chi connectivity index (χ0) is 29.9. The van der Waals surface area contributed by atoms with Crippen molar-refractivity contribution in [3.05, 3.63) is 64.2 Å².